The standard InChI is InChI=1S/C23H29ClN4O3S/c1-17-8-12-28(13-9-17)23(29)18-2-7-22(27-14-10-25-11-15-27)21(16-18)26-32(30,31)20-5-3-19(24)4-6-20/h2-7,16-17,25-26H,8-15H2,1H3. The molecule has 2 saturated heterocycles. The summed E-state index contributed by atoms with van der Waals surface area (Å²) in [5.41, 5.74) is 1.68. The first-order chi connectivity index (χ1) is 15.3. The molecule has 2 aromatic rings. The third-order valence-corrected chi connectivity index (χ3v) is 7.77. The van der Waals surface area contributed by atoms with E-state index in [0.717, 1.165) is 57.8 Å². The van der Waals surface area contributed by atoms with E-state index < -0.39 is 10.0 Å². The Morgan fingerprint density at radius 3 is 2.34 bits per heavy atom. The van der Waals surface area contributed by atoms with Crippen LogP contribution in [0.4, 0.5) is 11.4 Å². The van der Waals surface area contributed by atoms with E-state index in [1.807, 2.05) is 11.0 Å². The number of benzene rings is 2. The van der Waals surface area contributed by atoms with Gasteiger partial charge in [0.15, 0.2) is 0 Å². The van der Waals surface area contributed by atoms with Crippen LogP contribution in [-0.2, 0) is 10.0 Å². The molecule has 2 aromatic carbocycles. The summed E-state index contributed by atoms with van der Waals surface area (Å²) in [7, 11) is -3.84. The summed E-state index contributed by atoms with van der Waals surface area (Å²) in [6.45, 7) is 6.80. The molecule has 2 heterocycles. The van der Waals surface area contributed by atoms with Crippen molar-refractivity contribution in [3.8, 4) is 0 Å². The highest BCUT2D eigenvalue weighted by Crippen LogP contribution is 2.31. The Balaban J connectivity index is 1.66. The van der Waals surface area contributed by atoms with Crippen LogP contribution in [0, 0.1) is 5.92 Å². The summed E-state index contributed by atoms with van der Waals surface area (Å²) in [4.78, 5) is 17.2. The Hall–Kier alpha value is -2.29. The molecule has 2 aliphatic rings. The molecular formula is C23H29ClN4O3S. The van der Waals surface area contributed by atoms with Crippen molar-refractivity contribution in [1.29, 1.82) is 0 Å². The van der Waals surface area contributed by atoms with Crippen molar-refractivity contribution < 1.29 is 13.2 Å². The zero-order chi connectivity index (χ0) is 22.7. The highest BCUT2D eigenvalue weighted by atomic mass is 35.5. The summed E-state index contributed by atoms with van der Waals surface area (Å²) >= 11 is 5.92. The molecule has 0 atom stereocenters. The molecule has 32 heavy (non-hydrogen) atoms. The van der Waals surface area contributed by atoms with Gasteiger partial charge in [0.2, 0.25) is 0 Å². The average molecular weight is 477 g/mol. The number of halogens is 1. The number of nitrogens with zero attached hydrogens (tertiary/aromatic N) is 2. The Labute approximate surface area is 194 Å². The maximum atomic E-state index is 13.1. The highest BCUT2D eigenvalue weighted by molar-refractivity contribution is 7.92. The molecule has 1 amide bonds. The van der Waals surface area contributed by atoms with Crippen LogP contribution in [0.5, 0.6) is 0 Å². The van der Waals surface area contributed by atoms with E-state index in [1.54, 1.807) is 24.3 Å². The van der Waals surface area contributed by atoms with Crippen molar-refractivity contribution in [2.75, 3.05) is 48.9 Å². The van der Waals surface area contributed by atoms with Crippen molar-refractivity contribution in [3.05, 3.63) is 53.1 Å². The first kappa shape index (κ1) is 22.9. The molecule has 0 radical (unpaired) electrons. The number of piperazine rings is 1. The van der Waals surface area contributed by atoms with Gasteiger partial charge in [-0.25, -0.2) is 8.42 Å². The van der Waals surface area contributed by atoms with E-state index in [-0.39, 0.29) is 10.8 Å². The van der Waals surface area contributed by atoms with Crippen molar-refractivity contribution in [2.45, 2.75) is 24.7 Å². The van der Waals surface area contributed by atoms with Crippen LogP contribution in [0.3, 0.4) is 0 Å². The molecule has 0 aromatic heterocycles. The number of piperidine rings is 1. The first-order valence-electron chi connectivity index (χ1n) is 11.0. The number of nitrogens with one attached hydrogen (secondary N) is 2. The van der Waals surface area contributed by atoms with Crippen molar-refractivity contribution in [1.82, 2.24) is 10.2 Å². The second kappa shape index (κ2) is 9.68. The molecule has 2 fully saturated rings. The van der Waals surface area contributed by atoms with Gasteiger partial charge >= 0.3 is 0 Å². The molecule has 9 heteroatoms. The molecule has 0 unspecified atom stereocenters. The second-order valence-electron chi connectivity index (χ2n) is 8.50. The first-order valence-corrected chi connectivity index (χ1v) is 12.9. The number of rotatable bonds is 5. The lowest BCUT2D eigenvalue weighted by Crippen LogP contribution is -2.44. The average Bonchev–Trinajstić information content (AvgIpc) is 2.80. The fourth-order valence-electron chi connectivity index (χ4n) is 4.14. The van der Waals surface area contributed by atoms with E-state index in [1.165, 1.54) is 12.1 Å². The zero-order valence-electron chi connectivity index (χ0n) is 18.2. The van der Waals surface area contributed by atoms with Crippen molar-refractivity contribution in [3.63, 3.8) is 0 Å². The largest absolute Gasteiger partial charge is 0.367 e. The van der Waals surface area contributed by atoms with E-state index in [4.69, 9.17) is 11.6 Å². The number of hydrogen-bond donors (Lipinski definition) is 2. The van der Waals surface area contributed by atoms with E-state index in [0.29, 0.717) is 22.2 Å². The third-order valence-electron chi connectivity index (χ3n) is 6.14. The van der Waals surface area contributed by atoms with Crippen molar-refractivity contribution in [2.24, 2.45) is 5.92 Å². The predicted molar refractivity (Wildman–Crippen MR) is 128 cm³/mol. The number of carbonyl (C=O) groups is 1. The Kier molecular flexibility index (Phi) is 6.93. The molecule has 0 saturated carbocycles. The Bertz CT molecular complexity index is 1060. The number of anilines is 2. The van der Waals surface area contributed by atoms with Crippen LogP contribution in [0.1, 0.15) is 30.1 Å². The monoisotopic (exact) mass is 476 g/mol. The molecule has 2 aliphatic heterocycles. The summed E-state index contributed by atoms with van der Waals surface area (Å²) in [6, 6.07) is 11.4. The quantitative estimate of drug-likeness (QED) is 0.691. The van der Waals surface area contributed by atoms with Gasteiger partial charge in [-0.1, -0.05) is 18.5 Å². The summed E-state index contributed by atoms with van der Waals surface area (Å²) < 4.78 is 28.9. The molecule has 0 bridgehead atoms. The van der Waals surface area contributed by atoms with E-state index in [9.17, 15) is 13.2 Å². The van der Waals surface area contributed by atoms with Gasteiger partial charge in [-0.2, -0.15) is 0 Å². The summed E-state index contributed by atoms with van der Waals surface area (Å²) in [5.74, 6) is 0.562. The van der Waals surface area contributed by atoms with E-state index in [2.05, 4.69) is 21.9 Å². The van der Waals surface area contributed by atoms with Gasteiger partial charge in [-0.05, 0) is 61.2 Å². The second-order valence-corrected chi connectivity index (χ2v) is 10.6. The van der Waals surface area contributed by atoms with Gasteiger partial charge in [0.25, 0.3) is 15.9 Å². The van der Waals surface area contributed by atoms with Crippen LogP contribution in [0.25, 0.3) is 0 Å². The normalized spacial score (nSPS) is 17.9. The summed E-state index contributed by atoms with van der Waals surface area (Å²) in [6.07, 6.45) is 1.97. The third kappa shape index (κ3) is 5.19. The lowest BCUT2D eigenvalue weighted by molar-refractivity contribution is 0.0697. The van der Waals surface area contributed by atoms with Gasteiger partial charge in [-0.15, -0.1) is 0 Å². The number of carbonyl (C=O) groups excluding carboxylic acids is 1. The van der Waals surface area contributed by atoms with Crippen molar-refractivity contribution >= 4 is 38.9 Å². The molecule has 7 nitrogen and oxygen atoms in total. The minimum Gasteiger partial charge on any atom is -0.367 e. The molecule has 172 valence electrons. The molecule has 0 spiro atoms. The Morgan fingerprint density at radius 2 is 1.69 bits per heavy atom. The smallest absolute Gasteiger partial charge is 0.261 e. The lowest BCUT2D eigenvalue weighted by atomic mass is 9.98. The lowest BCUT2D eigenvalue weighted by Gasteiger charge is -2.32. The number of amides is 1. The van der Waals surface area contributed by atoms with Gasteiger partial charge in [0, 0.05) is 49.9 Å². The summed E-state index contributed by atoms with van der Waals surface area (Å²) in [5, 5.41) is 3.77. The number of hydrogen-bond acceptors (Lipinski definition) is 5. The van der Waals surface area contributed by atoms with Crippen LogP contribution in [-0.4, -0.2) is 58.5 Å². The number of likely N-dealkylation sites (tertiary alicyclic amines) is 1. The highest BCUT2D eigenvalue weighted by Gasteiger charge is 2.25. The molecule has 0 aliphatic carbocycles. The molecular weight excluding hydrogens is 448 g/mol. The fraction of sp³-hybridized carbons (Fsp3) is 0.435. The number of sulfonamides is 1. The minimum atomic E-state index is -3.84. The van der Waals surface area contributed by atoms with Crippen LogP contribution < -0.4 is 14.9 Å². The zero-order valence-corrected chi connectivity index (χ0v) is 19.8. The van der Waals surface area contributed by atoms with Crippen LogP contribution in [0.2, 0.25) is 5.02 Å². The maximum absolute atomic E-state index is 13.1. The maximum Gasteiger partial charge on any atom is 0.261 e. The van der Waals surface area contributed by atoms with Crippen LogP contribution >= 0.6 is 11.6 Å². The predicted octanol–water partition coefficient (Wildman–Crippen LogP) is 3.42. The minimum absolute atomic E-state index is 0.0595. The van der Waals surface area contributed by atoms with Gasteiger partial charge in [0.1, 0.15) is 0 Å². The van der Waals surface area contributed by atoms with E-state index >= 15 is 0 Å². The molecule has 2 N–H and O–H groups in total. The van der Waals surface area contributed by atoms with Gasteiger partial charge < -0.3 is 15.1 Å². The molecule has 4 rings (SSSR count). The van der Waals surface area contributed by atoms with Gasteiger partial charge in [-0.3, -0.25) is 9.52 Å². The Morgan fingerprint density at radius 1 is 1.03 bits per heavy atom. The fourth-order valence-corrected chi connectivity index (χ4v) is 5.34. The van der Waals surface area contributed by atoms with Gasteiger partial charge in [0.05, 0.1) is 16.3 Å². The SMILES string of the molecule is CC1CCN(C(=O)c2ccc(N3CCNCC3)c(NS(=O)(=O)c3ccc(Cl)cc3)c2)CC1. The van der Waals surface area contributed by atoms with Crippen LogP contribution in [0.15, 0.2) is 47.4 Å². The topological polar surface area (TPSA) is 81.8 Å².